The van der Waals surface area contributed by atoms with Gasteiger partial charge in [0.1, 0.15) is 12.0 Å². The first-order valence-corrected chi connectivity index (χ1v) is 7.94. The van der Waals surface area contributed by atoms with E-state index < -0.39 is 11.6 Å². The number of aryl methyl sites for hydroxylation is 2. The van der Waals surface area contributed by atoms with Crippen LogP contribution in [0.1, 0.15) is 48.8 Å². The van der Waals surface area contributed by atoms with Crippen molar-refractivity contribution in [2.75, 3.05) is 0 Å². The van der Waals surface area contributed by atoms with Gasteiger partial charge in [0.05, 0.1) is 0 Å². The summed E-state index contributed by atoms with van der Waals surface area (Å²) in [7, 11) is 0. The Kier molecular flexibility index (Phi) is 5.17. The molecule has 0 atom stereocenters. The Morgan fingerprint density at radius 2 is 1.83 bits per heavy atom. The van der Waals surface area contributed by atoms with Crippen molar-refractivity contribution in [2.24, 2.45) is 0 Å². The Bertz CT molecular complexity index is 773. The monoisotopic (exact) mass is 325 g/mol. The van der Waals surface area contributed by atoms with Crippen molar-refractivity contribution in [3.8, 4) is 11.1 Å². The Morgan fingerprint density at radius 1 is 1.12 bits per heavy atom. The topological polar surface area (TPSA) is 56.3 Å². The number of nitrogens with zero attached hydrogens (tertiary/aromatic N) is 1. The number of ether oxygens (including phenoxy) is 1. The maximum atomic E-state index is 12.3. The van der Waals surface area contributed by atoms with Gasteiger partial charge in [-0.05, 0) is 57.9 Å². The molecule has 0 bridgehead atoms. The summed E-state index contributed by atoms with van der Waals surface area (Å²) in [5, 5.41) is 0. The number of hydrogen-bond donors (Lipinski definition) is 0. The molecule has 0 radical (unpaired) electrons. The van der Waals surface area contributed by atoms with E-state index in [0.29, 0.717) is 5.56 Å². The number of hydrogen-bond acceptors (Lipinski definition) is 4. The summed E-state index contributed by atoms with van der Waals surface area (Å²) in [6.45, 7) is 9.30. The summed E-state index contributed by atoms with van der Waals surface area (Å²) in [5.74, 6) is -0.755. The summed E-state index contributed by atoms with van der Waals surface area (Å²) in [4.78, 5) is 28.5. The van der Waals surface area contributed by atoms with E-state index >= 15 is 0 Å². The predicted octanol–water partition coefficient (Wildman–Crippen LogP) is 4.28. The van der Waals surface area contributed by atoms with Gasteiger partial charge in [0.15, 0.2) is 5.78 Å². The molecule has 0 aliphatic heterocycles. The number of aromatic nitrogens is 1. The molecule has 0 fully saturated rings. The fourth-order valence-corrected chi connectivity index (χ4v) is 2.47. The first-order chi connectivity index (χ1) is 11.2. The minimum atomic E-state index is -0.593. The van der Waals surface area contributed by atoms with Gasteiger partial charge >= 0.3 is 5.97 Å². The molecule has 1 aromatic carbocycles. The summed E-state index contributed by atoms with van der Waals surface area (Å²) in [5.41, 5.74) is 3.85. The second-order valence-electron chi connectivity index (χ2n) is 6.91. The first-order valence-electron chi connectivity index (χ1n) is 7.94. The fourth-order valence-electron chi connectivity index (χ4n) is 2.47. The van der Waals surface area contributed by atoms with Gasteiger partial charge in [-0.25, -0.2) is 0 Å². The lowest BCUT2D eigenvalue weighted by molar-refractivity contribution is -0.153. The summed E-state index contributed by atoms with van der Waals surface area (Å²) in [6.07, 6.45) is 1.55. The predicted molar refractivity (Wildman–Crippen MR) is 93.9 cm³/mol. The molecular formula is C20H23NO3. The molecule has 0 saturated heterocycles. The number of carbonyl (C=O) groups excluding carboxylic acids is 2. The lowest BCUT2D eigenvalue weighted by atomic mass is 9.98. The van der Waals surface area contributed by atoms with Gasteiger partial charge in [0, 0.05) is 23.0 Å². The number of Topliss-reactive ketones (excluding diaryl/α,β-unsaturated/α-hetero) is 1. The van der Waals surface area contributed by atoms with E-state index in [4.69, 9.17) is 4.74 Å². The molecule has 4 nitrogen and oxygen atoms in total. The van der Waals surface area contributed by atoms with Gasteiger partial charge in [-0.15, -0.1) is 0 Å². The maximum absolute atomic E-state index is 12.3. The summed E-state index contributed by atoms with van der Waals surface area (Å²) < 4.78 is 5.21. The highest BCUT2D eigenvalue weighted by Crippen LogP contribution is 2.24. The second kappa shape index (κ2) is 6.95. The molecule has 0 aliphatic carbocycles. The van der Waals surface area contributed by atoms with Gasteiger partial charge in [-0.2, -0.15) is 0 Å². The van der Waals surface area contributed by atoms with Crippen LogP contribution >= 0.6 is 0 Å². The molecule has 1 aromatic heterocycles. The van der Waals surface area contributed by atoms with E-state index in [0.717, 1.165) is 22.4 Å². The number of rotatable bonds is 4. The Balaban J connectivity index is 2.21. The van der Waals surface area contributed by atoms with Crippen LogP contribution in [0.25, 0.3) is 11.1 Å². The van der Waals surface area contributed by atoms with Gasteiger partial charge < -0.3 is 4.74 Å². The SMILES string of the molecule is Cc1cc(C)c(-c2cccc(C(=O)CC(=O)OC(C)(C)C)c2)cn1. The molecular weight excluding hydrogens is 302 g/mol. The van der Waals surface area contributed by atoms with E-state index in [1.165, 1.54) is 0 Å². The summed E-state index contributed by atoms with van der Waals surface area (Å²) in [6, 6.07) is 9.27. The zero-order valence-corrected chi connectivity index (χ0v) is 14.8. The Hall–Kier alpha value is -2.49. The maximum Gasteiger partial charge on any atom is 0.314 e. The van der Waals surface area contributed by atoms with E-state index in [1.54, 1.807) is 32.9 Å². The highest BCUT2D eigenvalue weighted by molar-refractivity contribution is 6.06. The average molecular weight is 325 g/mol. The molecule has 0 aliphatic rings. The molecule has 2 rings (SSSR count). The third-order valence-corrected chi connectivity index (χ3v) is 3.47. The minimum absolute atomic E-state index is 0.246. The van der Waals surface area contributed by atoms with E-state index in [-0.39, 0.29) is 12.2 Å². The molecule has 2 aromatic rings. The highest BCUT2D eigenvalue weighted by Gasteiger charge is 2.20. The third-order valence-electron chi connectivity index (χ3n) is 3.47. The largest absolute Gasteiger partial charge is 0.460 e. The quantitative estimate of drug-likeness (QED) is 0.478. The first kappa shape index (κ1) is 17.9. The lowest BCUT2D eigenvalue weighted by Gasteiger charge is -2.19. The molecule has 0 saturated carbocycles. The van der Waals surface area contributed by atoms with Gasteiger partial charge in [-0.3, -0.25) is 14.6 Å². The summed E-state index contributed by atoms with van der Waals surface area (Å²) >= 11 is 0. The van der Waals surface area contributed by atoms with Crippen LogP contribution in [0, 0.1) is 13.8 Å². The van der Waals surface area contributed by atoms with Gasteiger partial charge in [0.2, 0.25) is 0 Å². The normalized spacial score (nSPS) is 11.2. The van der Waals surface area contributed by atoms with Crippen molar-refractivity contribution < 1.29 is 14.3 Å². The van der Waals surface area contributed by atoms with E-state index in [9.17, 15) is 9.59 Å². The zero-order chi connectivity index (χ0) is 17.9. The van der Waals surface area contributed by atoms with E-state index in [1.807, 2.05) is 38.2 Å². The van der Waals surface area contributed by atoms with Crippen LogP contribution in [0.2, 0.25) is 0 Å². The van der Waals surface area contributed by atoms with Crippen LogP contribution in [0.4, 0.5) is 0 Å². The Labute approximate surface area is 142 Å². The number of esters is 1. The molecule has 126 valence electrons. The Morgan fingerprint density at radius 3 is 2.46 bits per heavy atom. The number of pyridine rings is 1. The fraction of sp³-hybridized carbons (Fsp3) is 0.350. The van der Waals surface area contributed by atoms with Crippen LogP contribution in [-0.2, 0) is 9.53 Å². The van der Waals surface area contributed by atoms with Crippen LogP contribution in [0.5, 0.6) is 0 Å². The second-order valence-corrected chi connectivity index (χ2v) is 6.91. The lowest BCUT2D eigenvalue weighted by Crippen LogP contribution is -2.25. The van der Waals surface area contributed by atoms with Crippen LogP contribution < -0.4 is 0 Å². The molecule has 24 heavy (non-hydrogen) atoms. The van der Waals surface area contributed by atoms with Crippen molar-refractivity contribution in [1.29, 1.82) is 0 Å². The van der Waals surface area contributed by atoms with Crippen molar-refractivity contribution in [3.05, 3.63) is 53.3 Å². The molecule has 0 spiro atoms. The van der Waals surface area contributed by atoms with Crippen molar-refractivity contribution in [2.45, 2.75) is 46.6 Å². The molecule has 0 N–H and O–H groups in total. The molecule has 4 heteroatoms. The minimum Gasteiger partial charge on any atom is -0.460 e. The van der Waals surface area contributed by atoms with Crippen molar-refractivity contribution in [3.63, 3.8) is 0 Å². The van der Waals surface area contributed by atoms with Gasteiger partial charge in [0.25, 0.3) is 0 Å². The van der Waals surface area contributed by atoms with Crippen LogP contribution in [0.3, 0.4) is 0 Å². The van der Waals surface area contributed by atoms with Crippen molar-refractivity contribution >= 4 is 11.8 Å². The highest BCUT2D eigenvalue weighted by atomic mass is 16.6. The number of carbonyl (C=O) groups is 2. The number of ketones is 1. The van der Waals surface area contributed by atoms with Crippen LogP contribution in [0.15, 0.2) is 36.5 Å². The molecule has 1 heterocycles. The van der Waals surface area contributed by atoms with E-state index in [2.05, 4.69) is 4.98 Å². The van der Waals surface area contributed by atoms with Crippen LogP contribution in [-0.4, -0.2) is 22.3 Å². The number of benzene rings is 1. The van der Waals surface area contributed by atoms with Crippen molar-refractivity contribution in [1.82, 2.24) is 4.98 Å². The standard InChI is InChI=1S/C20H23NO3/c1-13-9-14(2)21-12-17(13)15-7-6-8-16(10-15)18(22)11-19(23)24-20(3,4)5/h6-10,12H,11H2,1-5H3. The molecule has 0 unspecified atom stereocenters. The zero-order valence-electron chi connectivity index (χ0n) is 14.8. The average Bonchev–Trinajstić information content (AvgIpc) is 2.45. The smallest absolute Gasteiger partial charge is 0.314 e. The van der Waals surface area contributed by atoms with Gasteiger partial charge in [-0.1, -0.05) is 18.2 Å². The third kappa shape index (κ3) is 4.75. The molecule has 0 amide bonds.